The van der Waals surface area contributed by atoms with Crippen LogP contribution in [-0.4, -0.2) is 68.5 Å². The van der Waals surface area contributed by atoms with Crippen molar-refractivity contribution < 1.29 is 32.9 Å². The van der Waals surface area contributed by atoms with Crippen molar-refractivity contribution in [1.29, 1.82) is 0 Å². The summed E-state index contributed by atoms with van der Waals surface area (Å²) < 4.78 is 23.5. The van der Waals surface area contributed by atoms with E-state index in [1.165, 1.54) is 270 Å². The summed E-state index contributed by atoms with van der Waals surface area (Å²) in [6.07, 6.45) is 82.2. The van der Waals surface area contributed by atoms with E-state index in [-0.39, 0.29) is 19.1 Å². The average Bonchev–Trinajstić information content (AvgIpc) is 3.42. The third kappa shape index (κ3) is 63.9. The predicted octanol–water partition coefficient (Wildman–Crippen LogP) is 21.2. The maximum Gasteiger partial charge on any atom is 0.268 e. The number of carbonyl (C=O) groups excluding carboxylic acids is 1. The fraction of sp³-hybridized carbons (Fsp3) is 0.871. The number of allylic oxidation sites excluding steroid dienone is 7. The van der Waals surface area contributed by atoms with E-state index in [0.717, 1.165) is 51.4 Å². The van der Waals surface area contributed by atoms with E-state index in [0.29, 0.717) is 17.4 Å². The molecule has 79 heavy (non-hydrogen) atoms. The number of amides is 1. The van der Waals surface area contributed by atoms with Gasteiger partial charge in [0, 0.05) is 6.42 Å². The van der Waals surface area contributed by atoms with Crippen LogP contribution in [-0.2, 0) is 18.4 Å². The lowest BCUT2D eigenvalue weighted by atomic mass is 10.0. The van der Waals surface area contributed by atoms with Gasteiger partial charge in [-0.3, -0.25) is 9.36 Å². The molecule has 8 nitrogen and oxygen atoms in total. The molecule has 466 valence electrons. The van der Waals surface area contributed by atoms with Gasteiger partial charge in [-0.1, -0.05) is 326 Å². The first kappa shape index (κ1) is 77.5. The second kappa shape index (κ2) is 61.0. The Hall–Kier alpha value is -1.54. The van der Waals surface area contributed by atoms with Gasteiger partial charge in [0.05, 0.1) is 39.9 Å². The third-order valence-corrected chi connectivity index (χ3v) is 16.7. The van der Waals surface area contributed by atoms with Gasteiger partial charge in [0.2, 0.25) is 5.91 Å². The van der Waals surface area contributed by atoms with Gasteiger partial charge in [-0.2, -0.15) is 0 Å². The number of hydrogen-bond acceptors (Lipinski definition) is 6. The zero-order valence-electron chi connectivity index (χ0n) is 53.3. The van der Waals surface area contributed by atoms with Crippen LogP contribution in [0.25, 0.3) is 0 Å². The van der Waals surface area contributed by atoms with Crippen molar-refractivity contribution in [2.24, 2.45) is 0 Å². The lowest BCUT2D eigenvalue weighted by molar-refractivity contribution is -0.870. The summed E-state index contributed by atoms with van der Waals surface area (Å²) >= 11 is 0. The molecule has 9 heteroatoms. The van der Waals surface area contributed by atoms with Crippen LogP contribution in [0.2, 0.25) is 0 Å². The molecule has 0 fully saturated rings. The summed E-state index contributed by atoms with van der Waals surface area (Å²) in [5.41, 5.74) is 0. The number of hydrogen-bond donors (Lipinski definition) is 2. The summed E-state index contributed by atoms with van der Waals surface area (Å²) in [4.78, 5) is 25.6. The van der Waals surface area contributed by atoms with Crippen LogP contribution < -0.4 is 10.2 Å². The molecule has 0 saturated carbocycles. The van der Waals surface area contributed by atoms with Crippen molar-refractivity contribution in [3.05, 3.63) is 48.6 Å². The second-order valence-electron chi connectivity index (χ2n) is 24.9. The van der Waals surface area contributed by atoms with Crippen LogP contribution in [0.5, 0.6) is 0 Å². The molecule has 0 saturated heterocycles. The molecule has 0 spiro atoms. The molecule has 1 amide bonds. The molecule has 0 rings (SSSR count). The van der Waals surface area contributed by atoms with Gasteiger partial charge >= 0.3 is 0 Å². The standard InChI is InChI=1S/C70H135N2O6P/c1-6-8-10-12-14-16-18-20-22-24-26-28-30-32-34-35-36-37-38-40-42-44-46-48-50-52-54-56-58-60-62-64-70(74)71-68(67-78-79(75,76)77-66-65-72(3,4)5)69(73)63-61-59-57-55-53-51-49-47-45-43-41-39-33-31-29-27-25-23-21-19-17-15-13-11-9-7-2/h18,20,24,26,30,32,61,63,68-69,73H,6-17,19,21-23,25,27-29,31,33-60,62,64-67H2,1-5H3,(H-,71,74,75,76)/b20-18-,26-24-,32-30-,63-61+. The maximum atomic E-state index is 13.0. The van der Waals surface area contributed by atoms with Crippen LogP contribution >= 0.6 is 7.82 Å². The summed E-state index contributed by atoms with van der Waals surface area (Å²) in [7, 11) is 1.27. The molecule has 2 N–H and O–H groups in total. The Balaban J connectivity index is 4.07. The second-order valence-corrected chi connectivity index (χ2v) is 26.3. The first-order valence-electron chi connectivity index (χ1n) is 34.5. The van der Waals surface area contributed by atoms with Crippen molar-refractivity contribution in [1.82, 2.24) is 5.32 Å². The summed E-state index contributed by atoms with van der Waals surface area (Å²) in [5, 5.41) is 14.0. The quantitative estimate of drug-likeness (QED) is 0.0272. The van der Waals surface area contributed by atoms with E-state index in [1.807, 2.05) is 27.2 Å². The third-order valence-electron chi connectivity index (χ3n) is 15.8. The molecule has 0 aromatic rings. The fourth-order valence-electron chi connectivity index (χ4n) is 10.4. The minimum atomic E-state index is -4.60. The van der Waals surface area contributed by atoms with Crippen molar-refractivity contribution >= 4 is 13.7 Å². The summed E-state index contributed by atoms with van der Waals surface area (Å²) in [6.45, 7) is 4.69. The van der Waals surface area contributed by atoms with Gasteiger partial charge in [-0.15, -0.1) is 0 Å². The predicted molar refractivity (Wildman–Crippen MR) is 344 cm³/mol. The summed E-state index contributed by atoms with van der Waals surface area (Å²) in [6, 6.07) is -0.888. The van der Waals surface area contributed by atoms with Gasteiger partial charge in [0.1, 0.15) is 13.2 Å². The molecule has 0 aromatic carbocycles. The van der Waals surface area contributed by atoms with Crippen molar-refractivity contribution in [2.75, 3.05) is 40.9 Å². The molecule has 0 radical (unpaired) electrons. The lowest BCUT2D eigenvalue weighted by Crippen LogP contribution is -2.45. The molecule has 3 atom stereocenters. The Kier molecular flexibility index (Phi) is 59.8. The monoisotopic (exact) mass is 1130 g/mol. The molecule has 0 aliphatic carbocycles. The van der Waals surface area contributed by atoms with Gasteiger partial charge in [0.15, 0.2) is 0 Å². The van der Waals surface area contributed by atoms with Crippen LogP contribution in [0.15, 0.2) is 48.6 Å². The molecule has 0 aliphatic rings. The number of phosphoric acid groups is 1. The number of unbranched alkanes of at least 4 members (excludes halogenated alkanes) is 45. The maximum absolute atomic E-state index is 13.0. The van der Waals surface area contributed by atoms with E-state index in [1.54, 1.807) is 6.08 Å². The molecular weight excluding hydrogens is 996 g/mol. The number of aliphatic hydroxyl groups is 1. The van der Waals surface area contributed by atoms with Crippen molar-refractivity contribution in [3.8, 4) is 0 Å². The number of rotatable bonds is 64. The minimum Gasteiger partial charge on any atom is -0.756 e. The minimum absolute atomic E-state index is 0.000267. The van der Waals surface area contributed by atoms with Gasteiger partial charge in [0.25, 0.3) is 7.82 Å². The average molecular weight is 1130 g/mol. The molecule has 0 aliphatic heterocycles. The first-order chi connectivity index (χ1) is 38.5. The first-order valence-corrected chi connectivity index (χ1v) is 36.0. The normalized spacial score (nSPS) is 14.0. The number of aliphatic hydroxyl groups excluding tert-OH is 1. The zero-order valence-corrected chi connectivity index (χ0v) is 54.2. The van der Waals surface area contributed by atoms with E-state index < -0.39 is 20.0 Å². The SMILES string of the molecule is CCCCCCC/C=C\C/C=C\C/C=C\CCCCCCCCCCCCCCCCCCC(=O)NC(COP(=O)([O-])OCC[N+](C)(C)C)C(O)/C=C/CCCCCCCCCCCCCCCCCCCCCCCCCC. The number of nitrogens with one attached hydrogen (secondary N) is 1. The number of nitrogens with zero attached hydrogens (tertiary/aromatic N) is 1. The Morgan fingerprint density at radius 1 is 0.443 bits per heavy atom. The number of phosphoric ester groups is 1. The summed E-state index contributed by atoms with van der Waals surface area (Å²) in [5.74, 6) is -0.193. The van der Waals surface area contributed by atoms with Gasteiger partial charge in [-0.25, -0.2) is 0 Å². The Morgan fingerprint density at radius 3 is 1.06 bits per heavy atom. The van der Waals surface area contributed by atoms with Gasteiger partial charge in [-0.05, 0) is 57.8 Å². The highest BCUT2D eigenvalue weighted by molar-refractivity contribution is 7.45. The van der Waals surface area contributed by atoms with Crippen LogP contribution in [0, 0.1) is 0 Å². The van der Waals surface area contributed by atoms with E-state index in [4.69, 9.17) is 9.05 Å². The largest absolute Gasteiger partial charge is 0.756 e. The van der Waals surface area contributed by atoms with E-state index >= 15 is 0 Å². The number of quaternary nitrogens is 1. The van der Waals surface area contributed by atoms with E-state index in [2.05, 4.69) is 55.6 Å². The zero-order chi connectivity index (χ0) is 57.7. The van der Waals surface area contributed by atoms with Crippen molar-refractivity contribution in [2.45, 2.75) is 353 Å². The number of carbonyl (C=O) groups is 1. The Morgan fingerprint density at radius 2 is 0.734 bits per heavy atom. The van der Waals surface area contributed by atoms with Gasteiger partial charge < -0.3 is 28.8 Å². The molecule has 3 unspecified atom stereocenters. The highest BCUT2D eigenvalue weighted by atomic mass is 31.2. The molecule has 0 heterocycles. The van der Waals surface area contributed by atoms with E-state index in [9.17, 15) is 19.4 Å². The molecular formula is C70H135N2O6P. The van der Waals surface area contributed by atoms with Crippen molar-refractivity contribution in [3.63, 3.8) is 0 Å². The smallest absolute Gasteiger partial charge is 0.268 e. The fourth-order valence-corrected chi connectivity index (χ4v) is 11.1. The Labute approximate surface area is 492 Å². The van der Waals surface area contributed by atoms with Crippen LogP contribution in [0.1, 0.15) is 341 Å². The highest BCUT2D eigenvalue weighted by Crippen LogP contribution is 2.38. The molecule has 0 bridgehead atoms. The van der Waals surface area contributed by atoms with Crippen LogP contribution in [0.4, 0.5) is 0 Å². The topological polar surface area (TPSA) is 108 Å². The Bertz CT molecular complexity index is 1430. The lowest BCUT2D eigenvalue weighted by Gasteiger charge is -2.29. The highest BCUT2D eigenvalue weighted by Gasteiger charge is 2.23. The number of likely N-dealkylation sites (N-methyl/N-ethyl adjacent to an activating group) is 1. The van der Waals surface area contributed by atoms with Crippen LogP contribution in [0.3, 0.4) is 0 Å². The molecule has 0 aromatic heterocycles.